The molecule has 0 fully saturated rings. The van der Waals surface area contributed by atoms with Crippen molar-refractivity contribution in [2.24, 2.45) is 10.3 Å². The van der Waals surface area contributed by atoms with Crippen LogP contribution < -0.4 is 9.47 Å². The summed E-state index contributed by atoms with van der Waals surface area (Å²) in [5.41, 5.74) is 2.11. The molecule has 1 aliphatic rings. The lowest BCUT2D eigenvalue weighted by molar-refractivity contribution is -0.121. The Balaban J connectivity index is 0.000000347. The number of phenols is 2. The number of hydrogen-bond acceptors (Lipinski definition) is 12. The average Bonchev–Trinajstić information content (AvgIpc) is 3.40. The Bertz CT molecular complexity index is 1200. The molecule has 0 radical (unpaired) electrons. The Hall–Kier alpha value is -4.52. The van der Waals surface area contributed by atoms with E-state index in [4.69, 9.17) is 24.1 Å². The van der Waals surface area contributed by atoms with Crippen LogP contribution in [0.25, 0.3) is 12.2 Å². The van der Waals surface area contributed by atoms with Crippen LogP contribution in [0.2, 0.25) is 0 Å². The molecule has 0 spiro atoms. The van der Waals surface area contributed by atoms with Crippen molar-refractivity contribution >= 4 is 23.7 Å². The summed E-state index contributed by atoms with van der Waals surface area (Å²) in [4.78, 5) is 23.9. The lowest BCUT2D eigenvalue weighted by Crippen LogP contribution is -2.21. The number of ether oxygens (including phenoxy) is 4. The number of nitrogens with zero attached hydrogens (tertiary/aromatic N) is 3. The highest BCUT2D eigenvalue weighted by atomic mass is 16.5. The van der Waals surface area contributed by atoms with E-state index in [-0.39, 0.29) is 36.1 Å². The van der Waals surface area contributed by atoms with Crippen molar-refractivity contribution < 1.29 is 43.9 Å². The van der Waals surface area contributed by atoms with Gasteiger partial charge < -0.3 is 34.3 Å². The summed E-state index contributed by atoms with van der Waals surface area (Å²) in [6.07, 6.45) is 5.44. The van der Waals surface area contributed by atoms with Gasteiger partial charge in [-0.25, -0.2) is 0 Å². The molecular weight excluding hydrogens is 546 g/mol. The maximum atomic E-state index is 11.9. The number of ketones is 2. The first-order valence-electron chi connectivity index (χ1n) is 13.0. The number of phenolic OH excluding ortho intramolecular Hbond substituents is 2. The average molecular weight is 584 g/mol. The first kappa shape index (κ1) is 33.7. The quantitative estimate of drug-likeness (QED) is 0.151. The van der Waals surface area contributed by atoms with Gasteiger partial charge in [0.05, 0.1) is 72.5 Å². The number of allylic oxidation sites excluding steroid dienone is 2. The van der Waals surface area contributed by atoms with Gasteiger partial charge in [-0.05, 0) is 47.5 Å². The van der Waals surface area contributed by atoms with Gasteiger partial charge in [0.15, 0.2) is 34.6 Å². The van der Waals surface area contributed by atoms with Gasteiger partial charge in [0.2, 0.25) is 0 Å². The minimum absolute atomic E-state index is 0.00662. The number of hydrogen-bond donors (Lipinski definition) is 3. The number of methoxy groups -OCH3 is 2. The molecule has 0 bridgehead atoms. The van der Waals surface area contributed by atoms with Gasteiger partial charge in [0, 0.05) is 0 Å². The molecule has 0 saturated carbocycles. The summed E-state index contributed by atoms with van der Waals surface area (Å²) in [5, 5.41) is 37.0. The second-order valence-electron chi connectivity index (χ2n) is 8.73. The monoisotopic (exact) mass is 583 g/mol. The molecule has 1 heterocycles. The molecule has 0 amide bonds. The van der Waals surface area contributed by atoms with Crippen LogP contribution in [0, 0.1) is 0 Å². The minimum Gasteiger partial charge on any atom is -0.504 e. The molecule has 0 aliphatic carbocycles. The predicted octanol–water partition coefficient (Wildman–Crippen LogP) is 3.58. The molecule has 3 N–H and O–H groups in total. The number of benzene rings is 2. The van der Waals surface area contributed by atoms with Gasteiger partial charge >= 0.3 is 0 Å². The first-order valence-corrected chi connectivity index (χ1v) is 13.0. The smallest absolute Gasteiger partial charge is 0.163 e. The largest absolute Gasteiger partial charge is 0.504 e. The summed E-state index contributed by atoms with van der Waals surface area (Å²) in [5.74, 6) is -0.0832. The number of carbonyl (C=O) groups excluding carboxylic acids is 2. The maximum Gasteiger partial charge on any atom is 0.163 e. The van der Waals surface area contributed by atoms with E-state index < -0.39 is 0 Å². The van der Waals surface area contributed by atoms with Gasteiger partial charge in [0.25, 0.3) is 0 Å². The van der Waals surface area contributed by atoms with Crippen molar-refractivity contribution in [3.63, 3.8) is 0 Å². The van der Waals surface area contributed by atoms with E-state index in [2.05, 4.69) is 16.9 Å². The third-order valence-electron chi connectivity index (χ3n) is 5.46. The molecule has 12 heteroatoms. The fourth-order valence-corrected chi connectivity index (χ4v) is 3.34. The van der Waals surface area contributed by atoms with Crippen LogP contribution in [0.4, 0.5) is 0 Å². The molecule has 0 atom stereocenters. The van der Waals surface area contributed by atoms with E-state index in [1.54, 1.807) is 41.4 Å². The highest BCUT2D eigenvalue weighted by Crippen LogP contribution is 2.27. The van der Waals surface area contributed by atoms with Crippen molar-refractivity contribution in [3.8, 4) is 23.0 Å². The fraction of sp³-hybridized carbons (Fsp3) is 0.333. The van der Waals surface area contributed by atoms with Crippen molar-refractivity contribution in [2.45, 2.75) is 6.42 Å². The zero-order valence-corrected chi connectivity index (χ0v) is 23.8. The molecule has 0 aromatic heterocycles. The van der Waals surface area contributed by atoms with E-state index >= 15 is 0 Å². The van der Waals surface area contributed by atoms with Crippen LogP contribution in [0.1, 0.15) is 17.5 Å². The highest BCUT2D eigenvalue weighted by Gasteiger charge is 2.09. The zero-order chi connectivity index (χ0) is 30.7. The van der Waals surface area contributed by atoms with E-state index in [1.165, 1.54) is 38.5 Å². The van der Waals surface area contributed by atoms with Crippen molar-refractivity contribution in [1.29, 1.82) is 0 Å². The Morgan fingerprint density at radius 3 is 1.86 bits per heavy atom. The first-order chi connectivity index (χ1) is 20.2. The summed E-state index contributed by atoms with van der Waals surface area (Å²) in [7, 11) is 2.87. The molecule has 2 aromatic rings. The van der Waals surface area contributed by atoms with Crippen molar-refractivity contribution in [3.05, 3.63) is 72.0 Å². The van der Waals surface area contributed by atoms with Gasteiger partial charge in [0.1, 0.15) is 0 Å². The van der Waals surface area contributed by atoms with Crippen LogP contribution in [0.5, 0.6) is 23.0 Å². The molecule has 0 saturated heterocycles. The Kier molecular flexibility index (Phi) is 15.0. The summed E-state index contributed by atoms with van der Waals surface area (Å²) >= 11 is 0. The number of aliphatic hydroxyl groups excluding tert-OH is 1. The lowest BCUT2D eigenvalue weighted by atomic mass is 10.1. The van der Waals surface area contributed by atoms with Crippen LogP contribution in [-0.2, 0) is 19.1 Å². The molecule has 2 aromatic carbocycles. The van der Waals surface area contributed by atoms with Gasteiger partial charge in [-0.15, -0.1) is 5.11 Å². The lowest BCUT2D eigenvalue weighted by Gasteiger charge is -2.11. The Morgan fingerprint density at radius 2 is 1.40 bits per heavy atom. The van der Waals surface area contributed by atoms with Crippen molar-refractivity contribution in [1.82, 2.24) is 5.01 Å². The van der Waals surface area contributed by atoms with E-state index in [0.717, 1.165) is 5.70 Å². The SMILES string of the molecule is C=C1CN(CCOCCOCCO)N=N1.COc1cc(/C=C/C(=O)CC(=O)/C=C/c2ccc(O)c(OC)c2)ccc1O. The third-order valence-corrected chi connectivity index (χ3v) is 5.46. The third kappa shape index (κ3) is 12.8. The summed E-state index contributed by atoms with van der Waals surface area (Å²) in [6.45, 7) is 7.14. The fourth-order valence-electron chi connectivity index (χ4n) is 3.34. The van der Waals surface area contributed by atoms with Gasteiger partial charge in [-0.2, -0.15) is 0 Å². The molecule has 3 rings (SSSR count). The van der Waals surface area contributed by atoms with Crippen LogP contribution >= 0.6 is 0 Å². The predicted molar refractivity (Wildman–Crippen MR) is 156 cm³/mol. The molecule has 42 heavy (non-hydrogen) atoms. The van der Waals surface area contributed by atoms with E-state index in [9.17, 15) is 19.8 Å². The van der Waals surface area contributed by atoms with Crippen LogP contribution in [0.15, 0.2) is 71.2 Å². The standard InChI is InChI=1S/C21H20O6.C9H17N3O3/c1-26-20-11-14(5-9-18(20)24)3-7-16(22)13-17(23)8-4-15-6-10-19(25)21(12-15)27-2;1-9-8-12(11-10-9)2-4-14-6-7-15-5-3-13/h3-12,24-25H,13H2,1-2H3;13H,1-8H2/b7-3+,8-4+;. The normalized spacial score (nSPS) is 12.5. The minimum atomic E-state index is -0.347. The molecule has 1 aliphatic heterocycles. The second-order valence-corrected chi connectivity index (χ2v) is 8.73. The van der Waals surface area contributed by atoms with Gasteiger partial charge in [-0.1, -0.05) is 36.1 Å². The number of carbonyl (C=O) groups is 2. The second kappa shape index (κ2) is 18.8. The van der Waals surface area contributed by atoms with Crippen molar-refractivity contribution in [2.75, 3.05) is 60.3 Å². The Morgan fingerprint density at radius 1 is 0.881 bits per heavy atom. The molecule has 0 unspecified atom stereocenters. The topological polar surface area (TPSA) is 160 Å². The van der Waals surface area contributed by atoms with Crippen LogP contribution in [0.3, 0.4) is 0 Å². The molecule has 12 nitrogen and oxygen atoms in total. The number of aliphatic hydroxyl groups is 1. The zero-order valence-electron chi connectivity index (χ0n) is 23.8. The highest BCUT2D eigenvalue weighted by molar-refractivity contribution is 6.10. The van der Waals surface area contributed by atoms with Crippen LogP contribution in [-0.4, -0.2) is 92.2 Å². The number of aromatic hydroxyl groups is 2. The van der Waals surface area contributed by atoms with E-state index in [1.807, 2.05) is 0 Å². The number of rotatable bonds is 16. The summed E-state index contributed by atoms with van der Waals surface area (Å²) in [6, 6.07) is 9.34. The molecule has 226 valence electrons. The maximum absolute atomic E-state index is 11.9. The summed E-state index contributed by atoms with van der Waals surface area (Å²) < 4.78 is 20.3. The van der Waals surface area contributed by atoms with E-state index in [0.29, 0.717) is 62.1 Å². The Labute approximate surface area is 244 Å². The molecular formula is C30H37N3O9. The van der Waals surface area contributed by atoms with Gasteiger partial charge in [-0.3, -0.25) is 14.6 Å².